The van der Waals surface area contributed by atoms with Crippen LogP contribution in [0.15, 0.2) is 52.9 Å². The molecule has 4 rings (SSSR count). The van der Waals surface area contributed by atoms with Crippen molar-refractivity contribution >= 4 is 43.8 Å². The van der Waals surface area contributed by atoms with E-state index in [2.05, 4.69) is 15.0 Å². The summed E-state index contributed by atoms with van der Waals surface area (Å²) in [6.45, 7) is 0.558. The molecule has 3 aromatic rings. The number of ether oxygens (including phenoxy) is 2. The van der Waals surface area contributed by atoms with E-state index in [-0.39, 0.29) is 18.8 Å². The van der Waals surface area contributed by atoms with Crippen LogP contribution in [-0.4, -0.2) is 46.6 Å². The Morgan fingerprint density at radius 2 is 1.94 bits per heavy atom. The number of sulfonamides is 1. The normalized spacial score (nSPS) is 12.9. The van der Waals surface area contributed by atoms with Crippen molar-refractivity contribution in [2.24, 2.45) is 0 Å². The third kappa shape index (κ3) is 4.63. The van der Waals surface area contributed by atoms with Crippen LogP contribution in [0, 0.1) is 0 Å². The standard InChI is InChI=1S/C21H22N4O5S2.H2/c1-29-16-10-15(11-17(12-16)30-2)23-13-20(26)25-7-5-14-9-18(3-4-19(14)25)32(27,28)24-21-22-6-8-31-21;/h3-4,6,8-12,23H,5,7,13H2,1-2H3,(H,22,24);1H. The highest BCUT2D eigenvalue weighted by Crippen LogP contribution is 2.31. The highest BCUT2D eigenvalue weighted by Gasteiger charge is 2.27. The van der Waals surface area contributed by atoms with E-state index in [1.54, 1.807) is 54.8 Å². The lowest BCUT2D eigenvalue weighted by Crippen LogP contribution is -2.34. The molecule has 2 N–H and O–H groups in total. The molecule has 11 heteroatoms. The maximum absolute atomic E-state index is 12.8. The van der Waals surface area contributed by atoms with Gasteiger partial charge in [-0.1, -0.05) is 0 Å². The number of carbonyl (C=O) groups is 1. The molecule has 2 heterocycles. The third-order valence-corrected chi connectivity index (χ3v) is 7.16. The average Bonchev–Trinajstić information content (AvgIpc) is 3.46. The smallest absolute Gasteiger partial charge is 0.263 e. The van der Waals surface area contributed by atoms with Crippen LogP contribution in [0.4, 0.5) is 16.5 Å². The number of nitrogens with one attached hydrogen (secondary N) is 2. The fraction of sp³-hybridized carbons (Fsp3) is 0.238. The van der Waals surface area contributed by atoms with E-state index in [4.69, 9.17) is 9.47 Å². The van der Waals surface area contributed by atoms with Gasteiger partial charge in [0.15, 0.2) is 5.13 Å². The van der Waals surface area contributed by atoms with Gasteiger partial charge in [-0.25, -0.2) is 13.4 Å². The second-order valence-corrected chi connectivity index (χ2v) is 9.56. The molecule has 1 amide bonds. The molecule has 0 bridgehead atoms. The molecule has 1 aliphatic rings. The molecular weight excluding hydrogens is 452 g/mol. The summed E-state index contributed by atoms with van der Waals surface area (Å²) in [5.74, 6) is 1.11. The van der Waals surface area contributed by atoms with Crippen LogP contribution in [-0.2, 0) is 21.2 Å². The van der Waals surface area contributed by atoms with Crippen molar-refractivity contribution in [3.05, 3.63) is 53.5 Å². The average molecular weight is 477 g/mol. The summed E-state index contributed by atoms with van der Waals surface area (Å²) >= 11 is 1.21. The number of nitrogens with zero attached hydrogens (tertiary/aromatic N) is 2. The number of hydrogen-bond acceptors (Lipinski definition) is 8. The van der Waals surface area contributed by atoms with Gasteiger partial charge in [0.05, 0.1) is 25.7 Å². The van der Waals surface area contributed by atoms with Crippen LogP contribution in [0.2, 0.25) is 0 Å². The Morgan fingerprint density at radius 3 is 2.59 bits per heavy atom. The molecule has 1 aromatic heterocycles. The van der Waals surface area contributed by atoms with Gasteiger partial charge in [-0.2, -0.15) is 0 Å². The van der Waals surface area contributed by atoms with E-state index in [0.717, 1.165) is 5.56 Å². The molecular formula is C21H24N4O5S2. The van der Waals surface area contributed by atoms with Crippen molar-refractivity contribution in [2.75, 3.05) is 42.2 Å². The van der Waals surface area contributed by atoms with Crippen LogP contribution in [0.1, 0.15) is 6.99 Å². The van der Waals surface area contributed by atoms with Crippen molar-refractivity contribution in [2.45, 2.75) is 11.3 Å². The Kier molecular flexibility index (Phi) is 6.19. The summed E-state index contributed by atoms with van der Waals surface area (Å²) in [5.41, 5.74) is 2.22. The summed E-state index contributed by atoms with van der Waals surface area (Å²) in [6, 6.07) is 10.1. The van der Waals surface area contributed by atoms with Gasteiger partial charge in [0, 0.05) is 49.1 Å². The Balaban J connectivity index is 0.00000306. The second-order valence-electron chi connectivity index (χ2n) is 6.98. The monoisotopic (exact) mass is 476 g/mol. The Hall–Kier alpha value is -3.31. The van der Waals surface area contributed by atoms with E-state index in [9.17, 15) is 13.2 Å². The maximum atomic E-state index is 12.8. The first-order valence-electron chi connectivity index (χ1n) is 9.72. The lowest BCUT2D eigenvalue weighted by Gasteiger charge is -2.19. The number of benzene rings is 2. The number of hydrogen-bond donors (Lipinski definition) is 2. The number of thiazole rings is 1. The Bertz CT molecular complexity index is 1210. The Morgan fingerprint density at radius 1 is 1.19 bits per heavy atom. The van der Waals surface area contributed by atoms with E-state index in [0.29, 0.717) is 41.0 Å². The summed E-state index contributed by atoms with van der Waals surface area (Å²) in [5, 5.41) is 5.10. The van der Waals surface area contributed by atoms with Crippen LogP contribution in [0.3, 0.4) is 0 Å². The second kappa shape index (κ2) is 9.05. The van der Waals surface area contributed by atoms with Gasteiger partial charge in [0.2, 0.25) is 5.91 Å². The highest BCUT2D eigenvalue weighted by molar-refractivity contribution is 7.93. The molecule has 0 saturated carbocycles. The molecule has 9 nitrogen and oxygen atoms in total. The minimum atomic E-state index is -3.74. The highest BCUT2D eigenvalue weighted by atomic mass is 32.2. The molecule has 170 valence electrons. The molecule has 0 fully saturated rings. The molecule has 0 saturated heterocycles. The zero-order valence-corrected chi connectivity index (χ0v) is 19.1. The van der Waals surface area contributed by atoms with E-state index >= 15 is 0 Å². The van der Waals surface area contributed by atoms with Gasteiger partial charge < -0.3 is 19.7 Å². The van der Waals surface area contributed by atoms with Gasteiger partial charge in [-0.05, 0) is 30.2 Å². The first-order valence-corrected chi connectivity index (χ1v) is 12.1. The molecule has 0 unspecified atom stereocenters. The van der Waals surface area contributed by atoms with Gasteiger partial charge in [-0.15, -0.1) is 11.3 Å². The van der Waals surface area contributed by atoms with E-state index in [1.807, 2.05) is 0 Å². The van der Waals surface area contributed by atoms with Crippen molar-refractivity contribution in [1.82, 2.24) is 4.98 Å². The summed E-state index contributed by atoms with van der Waals surface area (Å²) in [6.07, 6.45) is 2.11. The molecule has 1 aliphatic heterocycles. The molecule has 0 aliphatic carbocycles. The van der Waals surface area contributed by atoms with Crippen molar-refractivity contribution in [3.63, 3.8) is 0 Å². The molecule has 2 aromatic carbocycles. The van der Waals surface area contributed by atoms with Gasteiger partial charge >= 0.3 is 0 Å². The largest absolute Gasteiger partial charge is 0.497 e. The topological polar surface area (TPSA) is 110 Å². The number of carbonyl (C=O) groups excluding carboxylic acids is 1. The molecule has 32 heavy (non-hydrogen) atoms. The number of aromatic nitrogens is 1. The number of fused-ring (bicyclic) bond motifs is 1. The number of amides is 1. The predicted molar refractivity (Wildman–Crippen MR) is 126 cm³/mol. The van der Waals surface area contributed by atoms with E-state index < -0.39 is 10.0 Å². The van der Waals surface area contributed by atoms with Gasteiger partial charge in [-0.3, -0.25) is 9.52 Å². The van der Waals surface area contributed by atoms with Crippen LogP contribution in [0.25, 0.3) is 0 Å². The minimum absolute atomic E-state index is 0. The van der Waals surface area contributed by atoms with Crippen molar-refractivity contribution in [3.8, 4) is 11.5 Å². The minimum Gasteiger partial charge on any atom is -0.497 e. The summed E-state index contributed by atoms with van der Waals surface area (Å²) in [4.78, 5) is 18.6. The zero-order valence-electron chi connectivity index (χ0n) is 17.5. The van der Waals surface area contributed by atoms with Crippen LogP contribution in [0.5, 0.6) is 11.5 Å². The van der Waals surface area contributed by atoms with Gasteiger partial charge in [0.1, 0.15) is 11.5 Å². The maximum Gasteiger partial charge on any atom is 0.263 e. The molecule has 0 atom stereocenters. The van der Waals surface area contributed by atoms with Gasteiger partial charge in [0.25, 0.3) is 10.0 Å². The number of rotatable bonds is 8. The molecule has 0 radical (unpaired) electrons. The van der Waals surface area contributed by atoms with Crippen molar-refractivity contribution < 1.29 is 24.1 Å². The lowest BCUT2D eigenvalue weighted by atomic mass is 10.2. The quantitative estimate of drug-likeness (QED) is 0.514. The van der Waals surface area contributed by atoms with Crippen LogP contribution >= 0.6 is 11.3 Å². The predicted octanol–water partition coefficient (Wildman–Crippen LogP) is 3.21. The number of anilines is 3. The fourth-order valence-electron chi connectivity index (χ4n) is 3.43. The lowest BCUT2D eigenvalue weighted by molar-refractivity contribution is -0.116. The SMILES string of the molecule is COc1cc(NCC(=O)N2CCc3cc(S(=O)(=O)Nc4nccs4)ccc32)cc(OC)c1.[HH]. The third-order valence-electron chi connectivity index (χ3n) is 5.01. The summed E-state index contributed by atoms with van der Waals surface area (Å²) < 4.78 is 38.2. The number of methoxy groups -OCH3 is 2. The first kappa shape index (κ1) is 21.9. The Labute approximate surface area is 191 Å². The fourth-order valence-corrected chi connectivity index (χ4v) is 5.27. The first-order chi connectivity index (χ1) is 15.4. The summed E-state index contributed by atoms with van der Waals surface area (Å²) in [7, 11) is -0.621. The van der Waals surface area contributed by atoms with Crippen LogP contribution < -0.4 is 24.4 Å². The van der Waals surface area contributed by atoms with Crippen molar-refractivity contribution in [1.29, 1.82) is 0 Å². The zero-order chi connectivity index (χ0) is 22.7. The molecule has 0 spiro atoms. The van der Waals surface area contributed by atoms with E-state index in [1.165, 1.54) is 23.6 Å².